The fourth-order valence-corrected chi connectivity index (χ4v) is 2.14. The van der Waals surface area contributed by atoms with Gasteiger partial charge in [0, 0.05) is 0 Å². The second kappa shape index (κ2) is 5.06. The van der Waals surface area contributed by atoms with Crippen LogP contribution in [0.2, 0.25) is 0 Å². The van der Waals surface area contributed by atoms with E-state index in [0.29, 0.717) is 10.4 Å². The van der Waals surface area contributed by atoms with Gasteiger partial charge >= 0.3 is 5.97 Å². The fourth-order valence-electron chi connectivity index (χ4n) is 1.26. The van der Waals surface area contributed by atoms with Crippen molar-refractivity contribution in [1.82, 2.24) is 0 Å². The zero-order chi connectivity index (χ0) is 12.4. The Bertz CT molecular complexity index is 561. The Morgan fingerprint density at radius 1 is 1.24 bits per heavy atom. The molecule has 0 spiro atoms. The second-order valence-corrected chi connectivity index (χ2v) is 5.06. The molecule has 0 aliphatic rings. The van der Waals surface area contributed by atoms with Gasteiger partial charge in [0.15, 0.2) is 4.67 Å². The van der Waals surface area contributed by atoms with Crippen molar-refractivity contribution in [2.45, 2.75) is 6.92 Å². The van der Waals surface area contributed by atoms with Crippen molar-refractivity contribution in [3.8, 4) is 5.75 Å². The van der Waals surface area contributed by atoms with Crippen LogP contribution >= 0.6 is 31.9 Å². The monoisotopic (exact) mass is 358 g/mol. The van der Waals surface area contributed by atoms with Crippen LogP contribution in [0, 0.1) is 6.92 Å². The highest BCUT2D eigenvalue weighted by molar-refractivity contribution is 9.10. The predicted octanol–water partition coefficient (Wildman–Crippen LogP) is 4.33. The zero-order valence-electron chi connectivity index (χ0n) is 8.87. The Morgan fingerprint density at radius 3 is 2.59 bits per heavy atom. The first-order chi connectivity index (χ1) is 8.06. The first-order valence-corrected chi connectivity index (χ1v) is 6.38. The van der Waals surface area contributed by atoms with E-state index >= 15 is 0 Å². The van der Waals surface area contributed by atoms with E-state index in [0.717, 1.165) is 10.0 Å². The topological polar surface area (TPSA) is 39.4 Å². The minimum absolute atomic E-state index is 0.157. The van der Waals surface area contributed by atoms with Gasteiger partial charge in [-0.15, -0.1) is 0 Å². The number of furan rings is 1. The van der Waals surface area contributed by atoms with Crippen molar-refractivity contribution in [2.75, 3.05) is 0 Å². The van der Waals surface area contributed by atoms with E-state index in [4.69, 9.17) is 9.15 Å². The lowest BCUT2D eigenvalue weighted by Crippen LogP contribution is -2.07. The Balaban J connectivity index is 2.18. The van der Waals surface area contributed by atoms with Crippen LogP contribution in [-0.2, 0) is 0 Å². The molecule has 0 aliphatic carbocycles. The summed E-state index contributed by atoms with van der Waals surface area (Å²) >= 11 is 6.46. The molecule has 17 heavy (non-hydrogen) atoms. The molecule has 0 fully saturated rings. The molecule has 0 amide bonds. The number of carbonyl (C=O) groups is 1. The SMILES string of the molecule is Cc1ccc(OC(=O)c2ccc(Br)o2)c(Br)c1. The first-order valence-electron chi connectivity index (χ1n) is 4.80. The van der Waals surface area contributed by atoms with Gasteiger partial charge in [-0.2, -0.15) is 0 Å². The Labute approximate surface area is 115 Å². The maximum Gasteiger partial charge on any atom is 0.379 e. The molecular weight excluding hydrogens is 352 g/mol. The minimum Gasteiger partial charge on any atom is -0.442 e. The van der Waals surface area contributed by atoms with E-state index in [1.54, 1.807) is 18.2 Å². The van der Waals surface area contributed by atoms with E-state index in [2.05, 4.69) is 31.9 Å². The van der Waals surface area contributed by atoms with Gasteiger partial charge in [0.2, 0.25) is 5.76 Å². The van der Waals surface area contributed by atoms with Crippen LogP contribution in [-0.4, -0.2) is 5.97 Å². The predicted molar refractivity (Wildman–Crippen MR) is 70.2 cm³/mol. The van der Waals surface area contributed by atoms with Gasteiger partial charge in [-0.05, 0) is 68.6 Å². The van der Waals surface area contributed by atoms with E-state index < -0.39 is 5.97 Å². The smallest absolute Gasteiger partial charge is 0.379 e. The average molecular weight is 360 g/mol. The molecule has 5 heteroatoms. The molecule has 2 aromatic rings. The number of esters is 1. The number of benzene rings is 1. The molecule has 0 radical (unpaired) electrons. The lowest BCUT2D eigenvalue weighted by Gasteiger charge is -2.05. The summed E-state index contributed by atoms with van der Waals surface area (Å²) in [6, 6.07) is 8.66. The van der Waals surface area contributed by atoms with Crippen molar-refractivity contribution in [3.63, 3.8) is 0 Å². The molecule has 0 unspecified atom stereocenters. The van der Waals surface area contributed by atoms with Crippen LogP contribution in [0.25, 0.3) is 0 Å². The van der Waals surface area contributed by atoms with E-state index in [9.17, 15) is 4.79 Å². The zero-order valence-corrected chi connectivity index (χ0v) is 12.0. The Morgan fingerprint density at radius 2 is 2.00 bits per heavy atom. The summed E-state index contributed by atoms with van der Waals surface area (Å²) < 4.78 is 11.5. The summed E-state index contributed by atoms with van der Waals surface area (Å²) in [6.07, 6.45) is 0. The Kier molecular flexibility index (Phi) is 3.69. The van der Waals surface area contributed by atoms with E-state index in [1.807, 2.05) is 19.1 Å². The van der Waals surface area contributed by atoms with Crippen LogP contribution in [0.5, 0.6) is 5.75 Å². The van der Waals surface area contributed by atoms with Crippen molar-refractivity contribution < 1.29 is 13.9 Å². The molecule has 0 saturated heterocycles. The fraction of sp³-hybridized carbons (Fsp3) is 0.0833. The summed E-state index contributed by atoms with van der Waals surface area (Å²) in [6.45, 7) is 1.96. The highest BCUT2D eigenvalue weighted by Crippen LogP contribution is 2.27. The lowest BCUT2D eigenvalue weighted by atomic mass is 10.2. The number of hydrogen-bond donors (Lipinski definition) is 0. The van der Waals surface area contributed by atoms with E-state index in [-0.39, 0.29) is 5.76 Å². The standard InChI is InChI=1S/C12H8Br2O3/c1-7-2-3-9(8(13)6-7)17-12(15)10-4-5-11(14)16-10/h2-6H,1H3. The van der Waals surface area contributed by atoms with Gasteiger partial charge in [-0.1, -0.05) is 6.07 Å². The van der Waals surface area contributed by atoms with Gasteiger partial charge in [-0.3, -0.25) is 0 Å². The number of aryl methyl sites for hydroxylation is 1. The number of carbonyl (C=O) groups excluding carboxylic acids is 1. The van der Waals surface area contributed by atoms with Crippen molar-refractivity contribution in [2.24, 2.45) is 0 Å². The van der Waals surface area contributed by atoms with E-state index in [1.165, 1.54) is 0 Å². The molecule has 0 bridgehead atoms. The summed E-state index contributed by atoms with van der Waals surface area (Å²) in [7, 11) is 0. The minimum atomic E-state index is -0.528. The van der Waals surface area contributed by atoms with Crippen LogP contribution in [0.1, 0.15) is 16.1 Å². The van der Waals surface area contributed by atoms with Crippen LogP contribution < -0.4 is 4.74 Å². The molecule has 0 saturated carbocycles. The third-order valence-corrected chi connectivity index (χ3v) is 3.11. The highest BCUT2D eigenvalue weighted by Gasteiger charge is 2.14. The van der Waals surface area contributed by atoms with Crippen LogP contribution in [0.4, 0.5) is 0 Å². The summed E-state index contributed by atoms with van der Waals surface area (Å²) in [5, 5.41) is 0. The second-order valence-electron chi connectivity index (χ2n) is 3.43. The van der Waals surface area contributed by atoms with Crippen LogP contribution in [0.3, 0.4) is 0 Å². The van der Waals surface area contributed by atoms with Crippen LogP contribution in [0.15, 0.2) is 43.9 Å². The molecule has 88 valence electrons. The summed E-state index contributed by atoms with van der Waals surface area (Å²) in [4.78, 5) is 11.7. The third kappa shape index (κ3) is 2.98. The molecule has 0 aliphatic heterocycles. The molecule has 3 nitrogen and oxygen atoms in total. The third-order valence-electron chi connectivity index (χ3n) is 2.06. The molecule has 0 atom stereocenters. The molecule has 2 rings (SSSR count). The lowest BCUT2D eigenvalue weighted by molar-refractivity contribution is 0.0698. The van der Waals surface area contributed by atoms with Gasteiger partial charge in [0.25, 0.3) is 0 Å². The molecule has 0 N–H and O–H groups in total. The molecule has 1 aromatic heterocycles. The molecule has 1 heterocycles. The van der Waals surface area contributed by atoms with Gasteiger partial charge < -0.3 is 9.15 Å². The van der Waals surface area contributed by atoms with Gasteiger partial charge in [-0.25, -0.2) is 4.79 Å². The average Bonchev–Trinajstić information content (AvgIpc) is 2.69. The number of rotatable bonds is 2. The molecular formula is C12H8Br2O3. The van der Waals surface area contributed by atoms with Gasteiger partial charge in [0.1, 0.15) is 5.75 Å². The molecule has 1 aromatic carbocycles. The quantitative estimate of drug-likeness (QED) is 0.591. The van der Waals surface area contributed by atoms with Crippen molar-refractivity contribution in [3.05, 3.63) is 50.8 Å². The maximum absolute atomic E-state index is 11.7. The number of halogens is 2. The largest absolute Gasteiger partial charge is 0.442 e. The highest BCUT2D eigenvalue weighted by atomic mass is 79.9. The van der Waals surface area contributed by atoms with Crippen molar-refractivity contribution >= 4 is 37.8 Å². The number of hydrogen-bond acceptors (Lipinski definition) is 3. The summed E-state index contributed by atoms with van der Waals surface area (Å²) in [5.41, 5.74) is 1.08. The van der Waals surface area contributed by atoms with Crippen molar-refractivity contribution in [1.29, 1.82) is 0 Å². The Hall–Kier alpha value is -1.07. The first kappa shape index (κ1) is 12.4. The maximum atomic E-state index is 11.7. The normalized spacial score (nSPS) is 10.3. The number of ether oxygens (including phenoxy) is 1. The van der Waals surface area contributed by atoms with Gasteiger partial charge in [0.05, 0.1) is 4.47 Å². The summed E-state index contributed by atoms with van der Waals surface area (Å²) in [5.74, 6) is 0.0951.